The van der Waals surface area contributed by atoms with Gasteiger partial charge >= 0.3 is 0 Å². The molecule has 0 fully saturated rings. The van der Waals surface area contributed by atoms with Crippen molar-refractivity contribution in [2.75, 3.05) is 0 Å². The highest BCUT2D eigenvalue weighted by Gasteiger charge is 1.90. The highest BCUT2D eigenvalue weighted by molar-refractivity contribution is 5.48. The van der Waals surface area contributed by atoms with Gasteiger partial charge in [-0.15, -0.1) is 0 Å². The molecular weight excluding hydrogens is 100 g/mol. The molecule has 0 unspecified atom stereocenters. The molecule has 0 amide bonds. The lowest BCUT2D eigenvalue weighted by molar-refractivity contribution is -0.107. The molecule has 0 aromatic rings. The van der Waals surface area contributed by atoms with Crippen molar-refractivity contribution >= 4 is 6.29 Å². The van der Waals surface area contributed by atoms with Gasteiger partial charge in [0.05, 0.1) is 0 Å². The number of aldehydes is 1. The molecule has 1 heteroatoms. The highest BCUT2D eigenvalue weighted by atomic mass is 16.1. The van der Waals surface area contributed by atoms with Gasteiger partial charge in [-0.25, -0.2) is 0 Å². The molecule has 0 rings (SSSR count). The van der Waals surface area contributed by atoms with Crippen LogP contribution in [0.15, 0.2) is 0 Å². The van der Waals surface area contributed by atoms with E-state index in [9.17, 15) is 4.79 Å². The third-order valence-corrected chi connectivity index (χ3v) is 1.10. The van der Waals surface area contributed by atoms with Crippen molar-refractivity contribution in [3.63, 3.8) is 0 Å². The molecule has 0 heterocycles. The van der Waals surface area contributed by atoms with Gasteiger partial charge in [-0.3, -0.25) is 0 Å². The van der Waals surface area contributed by atoms with Crippen LogP contribution in [-0.4, -0.2) is 6.29 Å². The molecule has 48 valence electrons. The van der Waals surface area contributed by atoms with Gasteiger partial charge in [-0.1, -0.05) is 20.3 Å². The summed E-state index contributed by atoms with van der Waals surface area (Å²) in [6, 6.07) is 0. The average Bonchev–Trinajstić information content (AvgIpc) is 1.66. The number of hydrogen-bond acceptors (Lipinski definition) is 1. The standard InChI is InChI=1S/C7H14O/c1-7(2)5-3-4-6-8/h6-7H,3-5H2,1-2H3. The van der Waals surface area contributed by atoms with Gasteiger partial charge < -0.3 is 4.79 Å². The summed E-state index contributed by atoms with van der Waals surface area (Å²) in [4.78, 5) is 9.79. The molecule has 0 aromatic carbocycles. The van der Waals surface area contributed by atoms with E-state index in [4.69, 9.17) is 0 Å². The summed E-state index contributed by atoms with van der Waals surface area (Å²) in [6.07, 6.45) is 3.96. The van der Waals surface area contributed by atoms with E-state index in [0.29, 0.717) is 0 Å². The topological polar surface area (TPSA) is 17.1 Å². The number of carbonyl (C=O) groups is 1. The number of rotatable bonds is 4. The van der Waals surface area contributed by atoms with Crippen molar-refractivity contribution in [3.8, 4) is 0 Å². The Morgan fingerprint density at radius 3 is 2.50 bits per heavy atom. The van der Waals surface area contributed by atoms with Crippen molar-refractivity contribution in [2.24, 2.45) is 5.92 Å². The Balaban J connectivity index is 2.81. The first-order chi connectivity index (χ1) is 3.77. The molecular formula is C7H14O. The van der Waals surface area contributed by atoms with E-state index in [2.05, 4.69) is 13.8 Å². The second-order valence-electron chi connectivity index (χ2n) is 2.49. The van der Waals surface area contributed by atoms with Crippen molar-refractivity contribution in [1.82, 2.24) is 0 Å². The summed E-state index contributed by atoms with van der Waals surface area (Å²) >= 11 is 0. The Morgan fingerprint density at radius 1 is 1.50 bits per heavy atom. The van der Waals surface area contributed by atoms with Gasteiger partial charge in [0.2, 0.25) is 0 Å². The van der Waals surface area contributed by atoms with Crippen LogP contribution in [0.5, 0.6) is 0 Å². The van der Waals surface area contributed by atoms with Crippen LogP contribution in [0.3, 0.4) is 0 Å². The minimum Gasteiger partial charge on any atom is -0.303 e. The molecule has 0 aliphatic heterocycles. The molecule has 0 aliphatic carbocycles. The van der Waals surface area contributed by atoms with Gasteiger partial charge in [0.15, 0.2) is 0 Å². The normalized spacial score (nSPS) is 9.88. The van der Waals surface area contributed by atoms with Crippen molar-refractivity contribution in [2.45, 2.75) is 33.1 Å². The van der Waals surface area contributed by atoms with Crippen LogP contribution in [0, 0.1) is 5.92 Å². The maximum Gasteiger partial charge on any atom is 0.119 e. The van der Waals surface area contributed by atoms with Crippen LogP contribution in [0.4, 0.5) is 0 Å². The van der Waals surface area contributed by atoms with Crippen LogP contribution in [0.25, 0.3) is 0 Å². The third-order valence-electron chi connectivity index (χ3n) is 1.10. The first kappa shape index (κ1) is 7.67. The van der Waals surface area contributed by atoms with E-state index in [-0.39, 0.29) is 0 Å². The summed E-state index contributed by atoms with van der Waals surface area (Å²) in [5.74, 6) is 0.745. The SMILES string of the molecule is CC(C)CCCC=O. The van der Waals surface area contributed by atoms with E-state index in [1.54, 1.807) is 0 Å². The van der Waals surface area contributed by atoms with Crippen LogP contribution >= 0.6 is 0 Å². The fourth-order valence-electron chi connectivity index (χ4n) is 0.609. The molecule has 0 atom stereocenters. The Labute approximate surface area is 51.1 Å². The van der Waals surface area contributed by atoms with Gasteiger partial charge in [-0.05, 0) is 12.3 Å². The zero-order chi connectivity index (χ0) is 6.41. The fourth-order valence-corrected chi connectivity index (χ4v) is 0.609. The monoisotopic (exact) mass is 114 g/mol. The highest BCUT2D eigenvalue weighted by Crippen LogP contribution is 2.03. The lowest BCUT2D eigenvalue weighted by atomic mass is 10.1. The molecule has 0 radical (unpaired) electrons. The Hall–Kier alpha value is -0.330. The smallest absolute Gasteiger partial charge is 0.119 e. The van der Waals surface area contributed by atoms with Crippen LogP contribution in [-0.2, 0) is 4.79 Å². The average molecular weight is 114 g/mol. The van der Waals surface area contributed by atoms with Crippen molar-refractivity contribution in [3.05, 3.63) is 0 Å². The van der Waals surface area contributed by atoms with E-state index >= 15 is 0 Å². The molecule has 0 saturated heterocycles. The maximum atomic E-state index is 9.79. The second-order valence-corrected chi connectivity index (χ2v) is 2.49. The number of carbonyl (C=O) groups excluding carboxylic acids is 1. The van der Waals surface area contributed by atoms with E-state index in [1.807, 2.05) is 0 Å². The first-order valence-corrected chi connectivity index (χ1v) is 3.21. The summed E-state index contributed by atoms with van der Waals surface area (Å²) in [6.45, 7) is 4.34. The van der Waals surface area contributed by atoms with Crippen molar-refractivity contribution in [1.29, 1.82) is 0 Å². The van der Waals surface area contributed by atoms with Gasteiger partial charge in [0.25, 0.3) is 0 Å². The maximum absolute atomic E-state index is 9.79. The first-order valence-electron chi connectivity index (χ1n) is 3.21. The zero-order valence-electron chi connectivity index (χ0n) is 5.68. The van der Waals surface area contributed by atoms with Crippen LogP contribution in [0.2, 0.25) is 0 Å². The van der Waals surface area contributed by atoms with Gasteiger partial charge in [-0.2, -0.15) is 0 Å². The molecule has 0 bridgehead atoms. The molecule has 8 heavy (non-hydrogen) atoms. The summed E-state index contributed by atoms with van der Waals surface area (Å²) in [7, 11) is 0. The zero-order valence-corrected chi connectivity index (χ0v) is 5.68. The van der Waals surface area contributed by atoms with E-state index < -0.39 is 0 Å². The number of hydrogen-bond donors (Lipinski definition) is 0. The molecule has 0 N–H and O–H groups in total. The molecule has 0 aromatic heterocycles. The predicted octanol–water partition coefficient (Wildman–Crippen LogP) is 2.01. The van der Waals surface area contributed by atoms with E-state index in [1.165, 1.54) is 6.42 Å². The Morgan fingerprint density at radius 2 is 2.12 bits per heavy atom. The van der Waals surface area contributed by atoms with E-state index in [0.717, 1.165) is 25.0 Å². The predicted molar refractivity (Wildman–Crippen MR) is 34.8 cm³/mol. The Kier molecular flexibility index (Phi) is 4.62. The van der Waals surface area contributed by atoms with Crippen molar-refractivity contribution < 1.29 is 4.79 Å². The summed E-state index contributed by atoms with van der Waals surface area (Å²) in [5.41, 5.74) is 0. The fraction of sp³-hybridized carbons (Fsp3) is 0.857. The van der Waals surface area contributed by atoms with Crippen LogP contribution in [0.1, 0.15) is 33.1 Å². The minimum absolute atomic E-state index is 0.734. The molecule has 0 aliphatic rings. The largest absolute Gasteiger partial charge is 0.303 e. The second kappa shape index (κ2) is 4.82. The third kappa shape index (κ3) is 5.67. The number of unbranched alkanes of at least 4 members (excludes halogenated alkanes) is 1. The molecule has 1 nitrogen and oxygen atoms in total. The molecule has 0 saturated carbocycles. The lowest BCUT2D eigenvalue weighted by Gasteiger charge is -1.98. The van der Waals surface area contributed by atoms with Gasteiger partial charge in [0, 0.05) is 6.42 Å². The Bertz CT molecular complexity index is 57.4. The minimum atomic E-state index is 0.734. The van der Waals surface area contributed by atoms with Gasteiger partial charge in [0.1, 0.15) is 6.29 Å². The summed E-state index contributed by atoms with van der Waals surface area (Å²) in [5, 5.41) is 0. The quantitative estimate of drug-likeness (QED) is 0.403. The molecule has 0 spiro atoms. The van der Waals surface area contributed by atoms with Crippen LogP contribution < -0.4 is 0 Å². The summed E-state index contributed by atoms with van der Waals surface area (Å²) < 4.78 is 0. The lowest BCUT2D eigenvalue weighted by Crippen LogP contribution is -1.86.